The van der Waals surface area contributed by atoms with Crippen molar-refractivity contribution < 1.29 is 8.91 Å². The molecule has 0 bridgehead atoms. The lowest BCUT2D eigenvalue weighted by atomic mass is 10.1. The molecule has 1 fully saturated rings. The number of thioether (sulfide) groups is 1. The highest BCUT2D eigenvalue weighted by atomic mass is 32.2. The van der Waals surface area contributed by atoms with E-state index >= 15 is 0 Å². The Labute approximate surface area is 102 Å². The van der Waals surface area contributed by atoms with Crippen LogP contribution in [-0.4, -0.2) is 21.6 Å². The van der Waals surface area contributed by atoms with Gasteiger partial charge in [-0.15, -0.1) is 0 Å². The molecule has 0 aliphatic carbocycles. The summed E-state index contributed by atoms with van der Waals surface area (Å²) in [6, 6.07) is 6.11. The quantitative estimate of drug-likeness (QED) is 0.839. The molecule has 1 aliphatic heterocycles. The summed E-state index contributed by atoms with van der Waals surface area (Å²) in [5.74, 6) is 3.97. The van der Waals surface area contributed by atoms with Gasteiger partial charge >= 0.3 is 0 Å². The summed E-state index contributed by atoms with van der Waals surface area (Å²) < 4.78 is 18.0. The first kappa shape index (κ1) is 10.8. The van der Waals surface area contributed by atoms with Crippen LogP contribution in [0.25, 0.3) is 11.4 Å². The van der Waals surface area contributed by atoms with E-state index < -0.39 is 0 Å². The van der Waals surface area contributed by atoms with Gasteiger partial charge in [-0.05, 0) is 41.7 Å². The van der Waals surface area contributed by atoms with Crippen molar-refractivity contribution in [1.82, 2.24) is 10.1 Å². The van der Waals surface area contributed by atoms with Crippen molar-refractivity contribution in [2.45, 2.75) is 6.42 Å². The van der Waals surface area contributed by atoms with Crippen molar-refractivity contribution in [2.24, 2.45) is 5.92 Å². The number of halogens is 1. The fourth-order valence-corrected chi connectivity index (χ4v) is 2.51. The summed E-state index contributed by atoms with van der Waals surface area (Å²) in [5.41, 5.74) is 0.782. The summed E-state index contributed by atoms with van der Waals surface area (Å²) >= 11 is 1.94. The monoisotopic (exact) mass is 250 g/mol. The van der Waals surface area contributed by atoms with Gasteiger partial charge in [0.05, 0.1) is 0 Å². The first-order valence-electron chi connectivity index (χ1n) is 5.47. The highest BCUT2D eigenvalue weighted by Gasteiger charge is 2.21. The van der Waals surface area contributed by atoms with E-state index in [1.54, 1.807) is 12.1 Å². The fourth-order valence-electron chi connectivity index (χ4n) is 1.70. The highest BCUT2D eigenvalue weighted by molar-refractivity contribution is 8.00. The fraction of sp³-hybridized carbons (Fsp3) is 0.333. The normalized spacial score (nSPS) is 15.8. The van der Waals surface area contributed by atoms with Gasteiger partial charge in [-0.3, -0.25) is 0 Å². The predicted octanol–water partition coefficient (Wildman–Crippen LogP) is 2.78. The zero-order valence-corrected chi connectivity index (χ0v) is 9.91. The van der Waals surface area contributed by atoms with Crippen molar-refractivity contribution in [3.8, 4) is 11.4 Å². The molecule has 1 aliphatic rings. The van der Waals surface area contributed by atoms with Crippen molar-refractivity contribution >= 4 is 11.8 Å². The van der Waals surface area contributed by atoms with Crippen LogP contribution in [-0.2, 0) is 6.42 Å². The van der Waals surface area contributed by atoms with Crippen molar-refractivity contribution in [3.05, 3.63) is 36.0 Å². The smallest absolute Gasteiger partial charge is 0.227 e. The Balaban J connectivity index is 1.76. The first-order chi connectivity index (χ1) is 8.31. The Morgan fingerprint density at radius 2 is 2.06 bits per heavy atom. The van der Waals surface area contributed by atoms with Crippen LogP contribution in [0.3, 0.4) is 0 Å². The van der Waals surface area contributed by atoms with E-state index in [-0.39, 0.29) is 5.82 Å². The van der Waals surface area contributed by atoms with Crippen LogP contribution in [0.15, 0.2) is 28.8 Å². The van der Waals surface area contributed by atoms with Crippen LogP contribution < -0.4 is 0 Å². The van der Waals surface area contributed by atoms with E-state index in [1.165, 1.54) is 23.6 Å². The molecule has 2 heterocycles. The molecular weight excluding hydrogens is 239 g/mol. The molecule has 88 valence electrons. The number of rotatable bonds is 3. The van der Waals surface area contributed by atoms with Gasteiger partial charge in [0.15, 0.2) is 0 Å². The molecule has 1 saturated heterocycles. The summed E-state index contributed by atoms with van der Waals surface area (Å²) in [6.07, 6.45) is 0.848. The van der Waals surface area contributed by atoms with Crippen molar-refractivity contribution in [3.63, 3.8) is 0 Å². The molecule has 3 nitrogen and oxygen atoms in total. The topological polar surface area (TPSA) is 38.9 Å². The number of aromatic nitrogens is 2. The number of nitrogens with zero attached hydrogens (tertiary/aromatic N) is 2. The first-order valence-corrected chi connectivity index (χ1v) is 6.63. The maximum absolute atomic E-state index is 12.8. The average molecular weight is 250 g/mol. The molecule has 2 aromatic rings. The second-order valence-electron chi connectivity index (χ2n) is 4.13. The van der Waals surface area contributed by atoms with E-state index in [0.717, 1.165) is 12.0 Å². The molecule has 0 saturated carbocycles. The Hall–Kier alpha value is -1.36. The molecule has 0 amide bonds. The standard InChI is InChI=1S/C12H11FN2OS/c13-10-3-1-9(2-4-10)12-14-11(16-15-12)5-8-6-17-7-8/h1-4,8H,5-7H2. The van der Waals surface area contributed by atoms with Crippen molar-refractivity contribution in [2.75, 3.05) is 11.5 Å². The Kier molecular flexibility index (Phi) is 2.84. The number of hydrogen-bond donors (Lipinski definition) is 0. The zero-order valence-electron chi connectivity index (χ0n) is 9.10. The maximum Gasteiger partial charge on any atom is 0.227 e. The largest absolute Gasteiger partial charge is 0.339 e. The second-order valence-corrected chi connectivity index (χ2v) is 5.20. The zero-order chi connectivity index (χ0) is 11.7. The lowest BCUT2D eigenvalue weighted by molar-refractivity contribution is 0.363. The number of benzene rings is 1. The molecule has 1 aromatic heterocycles. The molecule has 0 spiro atoms. The molecule has 0 atom stereocenters. The molecule has 0 unspecified atom stereocenters. The minimum absolute atomic E-state index is 0.260. The van der Waals surface area contributed by atoms with E-state index in [2.05, 4.69) is 10.1 Å². The van der Waals surface area contributed by atoms with Gasteiger partial charge in [0.2, 0.25) is 11.7 Å². The van der Waals surface area contributed by atoms with Crippen LogP contribution in [0.1, 0.15) is 5.89 Å². The lowest BCUT2D eigenvalue weighted by Crippen LogP contribution is -2.20. The van der Waals surface area contributed by atoms with E-state index in [1.807, 2.05) is 11.8 Å². The molecular formula is C12H11FN2OS. The Morgan fingerprint density at radius 1 is 1.29 bits per heavy atom. The summed E-state index contributed by atoms with van der Waals surface area (Å²) in [7, 11) is 0. The maximum atomic E-state index is 12.8. The lowest BCUT2D eigenvalue weighted by Gasteiger charge is -2.22. The molecule has 0 N–H and O–H groups in total. The third-order valence-electron chi connectivity index (χ3n) is 2.74. The molecule has 17 heavy (non-hydrogen) atoms. The van der Waals surface area contributed by atoms with Gasteiger partial charge < -0.3 is 4.52 Å². The van der Waals surface area contributed by atoms with Gasteiger partial charge in [0.1, 0.15) is 5.82 Å². The van der Waals surface area contributed by atoms with E-state index in [9.17, 15) is 4.39 Å². The van der Waals surface area contributed by atoms with Crippen LogP contribution in [0.4, 0.5) is 4.39 Å². The minimum atomic E-state index is -0.260. The van der Waals surface area contributed by atoms with Crippen molar-refractivity contribution in [1.29, 1.82) is 0 Å². The highest BCUT2D eigenvalue weighted by Crippen LogP contribution is 2.27. The minimum Gasteiger partial charge on any atom is -0.339 e. The Morgan fingerprint density at radius 3 is 2.71 bits per heavy atom. The summed E-state index contributed by atoms with van der Waals surface area (Å²) in [4.78, 5) is 4.32. The molecule has 0 radical (unpaired) electrons. The number of hydrogen-bond acceptors (Lipinski definition) is 4. The third kappa shape index (κ3) is 2.34. The molecule has 1 aromatic carbocycles. The van der Waals surface area contributed by atoms with Crippen LogP contribution in [0.2, 0.25) is 0 Å². The van der Waals surface area contributed by atoms with Gasteiger partial charge in [0, 0.05) is 12.0 Å². The second kappa shape index (κ2) is 4.49. The Bertz CT molecular complexity index is 507. The summed E-state index contributed by atoms with van der Waals surface area (Å²) in [6.45, 7) is 0. The van der Waals surface area contributed by atoms with Gasteiger partial charge in [-0.2, -0.15) is 16.7 Å². The molecule has 3 rings (SSSR count). The summed E-state index contributed by atoms with van der Waals surface area (Å²) in [5, 5.41) is 3.91. The van der Waals surface area contributed by atoms with Gasteiger partial charge in [-0.25, -0.2) is 4.39 Å². The van der Waals surface area contributed by atoms with Crippen LogP contribution in [0.5, 0.6) is 0 Å². The van der Waals surface area contributed by atoms with Crippen LogP contribution in [0, 0.1) is 11.7 Å². The average Bonchev–Trinajstić information content (AvgIpc) is 2.73. The van der Waals surface area contributed by atoms with E-state index in [4.69, 9.17) is 4.52 Å². The molecule has 5 heteroatoms. The van der Waals surface area contributed by atoms with E-state index in [0.29, 0.717) is 17.6 Å². The van der Waals surface area contributed by atoms with Gasteiger partial charge in [0.25, 0.3) is 0 Å². The van der Waals surface area contributed by atoms with Crippen LogP contribution >= 0.6 is 11.8 Å². The SMILES string of the molecule is Fc1ccc(-c2noc(CC3CSC3)n2)cc1. The predicted molar refractivity (Wildman–Crippen MR) is 64.2 cm³/mol. The van der Waals surface area contributed by atoms with Gasteiger partial charge in [-0.1, -0.05) is 5.16 Å². The third-order valence-corrected chi connectivity index (χ3v) is 4.16.